The number of hydrazone groups is 1. The predicted molar refractivity (Wildman–Crippen MR) is 93.7 cm³/mol. The molecule has 0 atom stereocenters. The van der Waals surface area contributed by atoms with E-state index >= 15 is 0 Å². The molecule has 2 aromatic carbocycles. The third-order valence-electron chi connectivity index (χ3n) is 3.26. The fraction of sp³-hybridized carbons (Fsp3) is 0.222. The zero-order valence-electron chi connectivity index (χ0n) is 14.6. The van der Waals surface area contributed by atoms with Crippen LogP contribution in [0, 0.1) is 5.82 Å². The van der Waals surface area contributed by atoms with Crippen molar-refractivity contribution in [3.05, 3.63) is 47.8 Å². The molecule has 7 nitrogen and oxygen atoms in total. The lowest BCUT2D eigenvalue weighted by molar-refractivity contribution is -0.123. The summed E-state index contributed by atoms with van der Waals surface area (Å²) in [6, 6.07) is 8.88. The van der Waals surface area contributed by atoms with Gasteiger partial charge in [-0.2, -0.15) is 5.10 Å². The minimum absolute atomic E-state index is 0.258. The fourth-order valence-electron chi connectivity index (χ4n) is 2.09. The number of halogens is 1. The number of hydrogen-bond donors (Lipinski definition) is 1. The van der Waals surface area contributed by atoms with Gasteiger partial charge in [0.05, 0.1) is 27.5 Å². The fourth-order valence-corrected chi connectivity index (χ4v) is 2.09. The highest BCUT2D eigenvalue weighted by Crippen LogP contribution is 2.37. The van der Waals surface area contributed by atoms with Crippen LogP contribution in [0.1, 0.15) is 5.56 Å². The highest BCUT2D eigenvalue weighted by molar-refractivity contribution is 5.84. The Morgan fingerprint density at radius 1 is 1.12 bits per heavy atom. The number of carbonyl (C=O) groups excluding carboxylic acids is 1. The molecule has 0 saturated heterocycles. The minimum atomic E-state index is -0.488. The van der Waals surface area contributed by atoms with Crippen molar-refractivity contribution in [2.45, 2.75) is 0 Å². The largest absolute Gasteiger partial charge is 0.493 e. The number of rotatable bonds is 8. The zero-order chi connectivity index (χ0) is 18.9. The molecule has 2 aromatic rings. The van der Waals surface area contributed by atoms with Crippen molar-refractivity contribution >= 4 is 12.1 Å². The van der Waals surface area contributed by atoms with E-state index in [1.54, 1.807) is 18.2 Å². The summed E-state index contributed by atoms with van der Waals surface area (Å²) < 4.78 is 33.9. The summed E-state index contributed by atoms with van der Waals surface area (Å²) in [7, 11) is 4.51. The van der Waals surface area contributed by atoms with Gasteiger partial charge in [0, 0.05) is 11.6 Å². The van der Waals surface area contributed by atoms with E-state index in [1.165, 1.54) is 45.7 Å². The first-order chi connectivity index (χ1) is 12.6. The molecule has 0 heterocycles. The van der Waals surface area contributed by atoms with Gasteiger partial charge in [-0.3, -0.25) is 4.79 Å². The van der Waals surface area contributed by atoms with Crippen LogP contribution in [-0.2, 0) is 4.79 Å². The van der Waals surface area contributed by atoms with Gasteiger partial charge in [0.2, 0.25) is 5.75 Å². The van der Waals surface area contributed by atoms with Crippen LogP contribution in [0.15, 0.2) is 41.5 Å². The molecule has 26 heavy (non-hydrogen) atoms. The maximum absolute atomic E-state index is 13.0. The number of amides is 1. The van der Waals surface area contributed by atoms with Gasteiger partial charge in [-0.1, -0.05) is 6.07 Å². The molecule has 1 N–H and O–H groups in total. The second-order valence-corrected chi connectivity index (χ2v) is 5.00. The summed E-state index contributed by atoms with van der Waals surface area (Å²) >= 11 is 0. The Balaban J connectivity index is 1.96. The Kier molecular flexibility index (Phi) is 6.78. The van der Waals surface area contributed by atoms with E-state index in [0.717, 1.165) is 0 Å². The van der Waals surface area contributed by atoms with E-state index < -0.39 is 11.7 Å². The van der Waals surface area contributed by atoms with Crippen LogP contribution in [-0.4, -0.2) is 40.1 Å². The van der Waals surface area contributed by atoms with Crippen molar-refractivity contribution in [2.75, 3.05) is 27.9 Å². The lowest BCUT2D eigenvalue weighted by Crippen LogP contribution is -2.24. The van der Waals surface area contributed by atoms with E-state index in [4.69, 9.17) is 18.9 Å². The Morgan fingerprint density at radius 2 is 1.81 bits per heavy atom. The smallest absolute Gasteiger partial charge is 0.277 e. The summed E-state index contributed by atoms with van der Waals surface area (Å²) in [6.45, 7) is -0.296. The van der Waals surface area contributed by atoms with Gasteiger partial charge < -0.3 is 18.9 Å². The molecule has 0 aromatic heterocycles. The van der Waals surface area contributed by atoms with Gasteiger partial charge in [0.1, 0.15) is 11.6 Å². The molecule has 0 aliphatic heterocycles. The molecule has 0 saturated carbocycles. The van der Waals surface area contributed by atoms with Crippen molar-refractivity contribution in [2.24, 2.45) is 5.10 Å². The maximum Gasteiger partial charge on any atom is 0.277 e. The third-order valence-corrected chi connectivity index (χ3v) is 3.26. The highest BCUT2D eigenvalue weighted by Gasteiger charge is 2.12. The number of benzene rings is 2. The molecular formula is C18H19FN2O5. The second kappa shape index (κ2) is 9.26. The molecule has 0 aliphatic rings. The van der Waals surface area contributed by atoms with Crippen molar-refractivity contribution in [3.63, 3.8) is 0 Å². The van der Waals surface area contributed by atoms with Crippen LogP contribution in [0.4, 0.5) is 4.39 Å². The second-order valence-electron chi connectivity index (χ2n) is 5.00. The molecule has 0 bridgehead atoms. The predicted octanol–water partition coefficient (Wildman–Crippen LogP) is 2.38. The van der Waals surface area contributed by atoms with Crippen LogP contribution in [0.2, 0.25) is 0 Å². The Bertz CT molecular complexity index is 770. The maximum atomic E-state index is 13.0. The van der Waals surface area contributed by atoms with Gasteiger partial charge in [-0.25, -0.2) is 9.82 Å². The molecule has 0 radical (unpaired) electrons. The molecule has 2 rings (SSSR count). The number of carbonyl (C=O) groups is 1. The first kappa shape index (κ1) is 19.0. The Labute approximate surface area is 150 Å². The molecule has 8 heteroatoms. The minimum Gasteiger partial charge on any atom is -0.493 e. The zero-order valence-corrected chi connectivity index (χ0v) is 14.6. The van der Waals surface area contributed by atoms with Gasteiger partial charge in [0.25, 0.3) is 5.91 Å². The molecule has 0 fully saturated rings. The number of methoxy groups -OCH3 is 3. The van der Waals surface area contributed by atoms with Crippen LogP contribution >= 0.6 is 0 Å². The molecule has 0 unspecified atom stereocenters. The van der Waals surface area contributed by atoms with E-state index in [9.17, 15) is 9.18 Å². The summed E-state index contributed by atoms with van der Waals surface area (Å²) in [4.78, 5) is 11.7. The standard InChI is InChI=1S/C18H19FN2O5/c1-23-15-7-12(8-16(24-2)18(15)25-3)10-20-21-17(22)11-26-14-6-4-5-13(19)9-14/h4-10H,11H2,1-3H3,(H,21,22)/b20-10-. The van der Waals surface area contributed by atoms with Crippen LogP contribution in [0.3, 0.4) is 0 Å². The number of hydrogen-bond acceptors (Lipinski definition) is 6. The van der Waals surface area contributed by atoms with Gasteiger partial charge in [0.15, 0.2) is 18.1 Å². The summed E-state index contributed by atoms with van der Waals surface area (Å²) in [5, 5.41) is 3.85. The number of ether oxygens (including phenoxy) is 4. The summed E-state index contributed by atoms with van der Waals surface area (Å²) in [5.74, 6) is 0.720. The van der Waals surface area contributed by atoms with Gasteiger partial charge in [-0.05, 0) is 24.3 Å². The van der Waals surface area contributed by atoms with E-state index in [1.807, 2.05) is 0 Å². The van der Waals surface area contributed by atoms with Crippen molar-refractivity contribution in [1.29, 1.82) is 0 Å². The number of nitrogens with one attached hydrogen (secondary N) is 1. The first-order valence-electron chi connectivity index (χ1n) is 7.57. The molecule has 0 spiro atoms. The summed E-state index contributed by atoms with van der Waals surface area (Å²) in [5.41, 5.74) is 2.95. The molecule has 138 valence electrons. The summed E-state index contributed by atoms with van der Waals surface area (Å²) in [6.07, 6.45) is 1.42. The van der Waals surface area contributed by atoms with Gasteiger partial charge in [-0.15, -0.1) is 0 Å². The quantitative estimate of drug-likeness (QED) is 0.576. The van der Waals surface area contributed by atoms with Crippen molar-refractivity contribution < 1.29 is 28.1 Å². The van der Waals surface area contributed by atoms with Crippen molar-refractivity contribution in [3.8, 4) is 23.0 Å². The Hall–Kier alpha value is -3.29. The SMILES string of the molecule is COc1cc(/C=N\NC(=O)COc2cccc(F)c2)cc(OC)c1OC. The van der Waals surface area contributed by atoms with Crippen LogP contribution in [0.25, 0.3) is 0 Å². The normalized spacial score (nSPS) is 10.5. The first-order valence-corrected chi connectivity index (χ1v) is 7.57. The van der Waals surface area contributed by atoms with Crippen molar-refractivity contribution in [1.82, 2.24) is 5.43 Å². The van der Waals surface area contributed by atoms with E-state index in [0.29, 0.717) is 22.8 Å². The Morgan fingerprint density at radius 3 is 2.38 bits per heavy atom. The van der Waals surface area contributed by atoms with E-state index in [-0.39, 0.29) is 12.4 Å². The average Bonchev–Trinajstić information content (AvgIpc) is 2.65. The lowest BCUT2D eigenvalue weighted by atomic mass is 10.2. The van der Waals surface area contributed by atoms with Crippen LogP contribution in [0.5, 0.6) is 23.0 Å². The average molecular weight is 362 g/mol. The van der Waals surface area contributed by atoms with Crippen LogP contribution < -0.4 is 24.4 Å². The monoisotopic (exact) mass is 362 g/mol. The number of nitrogens with zero attached hydrogens (tertiary/aromatic N) is 1. The topological polar surface area (TPSA) is 78.4 Å². The molecular weight excluding hydrogens is 343 g/mol. The third kappa shape index (κ3) is 5.10. The van der Waals surface area contributed by atoms with E-state index in [2.05, 4.69) is 10.5 Å². The highest BCUT2D eigenvalue weighted by atomic mass is 19.1. The molecule has 0 aliphatic carbocycles. The van der Waals surface area contributed by atoms with Gasteiger partial charge >= 0.3 is 0 Å². The molecule has 1 amide bonds. The lowest BCUT2D eigenvalue weighted by Gasteiger charge is -2.12.